The summed E-state index contributed by atoms with van der Waals surface area (Å²) in [5, 5.41) is 2.57. The lowest BCUT2D eigenvalue weighted by molar-refractivity contribution is -0.138. The van der Waals surface area contributed by atoms with Gasteiger partial charge in [0.25, 0.3) is 5.91 Å². The second kappa shape index (κ2) is 7.22. The van der Waals surface area contributed by atoms with Crippen molar-refractivity contribution in [3.05, 3.63) is 54.1 Å². The van der Waals surface area contributed by atoms with Gasteiger partial charge in [-0.25, -0.2) is 9.78 Å². The van der Waals surface area contributed by atoms with E-state index >= 15 is 0 Å². The van der Waals surface area contributed by atoms with Crippen LogP contribution in [0.4, 0.5) is 4.79 Å². The normalized spacial score (nSPS) is 15.7. The third kappa shape index (κ3) is 3.99. The molecule has 1 aromatic heterocycles. The number of aromatic nitrogens is 2. The lowest BCUT2D eigenvalue weighted by atomic mass is 10.1. The van der Waals surface area contributed by atoms with Crippen molar-refractivity contribution in [2.75, 3.05) is 13.6 Å². The molecule has 1 fully saturated rings. The third-order valence-electron chi connectivity index (χ3n) is 4.54. The highest BCUT2D eigenvalue weighted by Gasteiger charge is 2.45. The van der Waals surface area contributed by atoms with Crippen LogP contribution in [0.1, 0.15) is 25.2 Å². The number of imide groups is 1. The van der Waals surface area contributed by atoms with Crippen LogP contribution in [0.3, 0.4) is 0 Å². The molecule has 8 heteroatoms. The van der Waals surface area contributed by atoms with Crippen LogP contribution in [0.25, 0.3) is 0 Å². The molecular weight excluding hydrogens is 346 g/mol. The van der Waals surface area contributed by atoms with Crippen molar-refractivity contribution >= 4 is 17.8 Å². The van der Waals surface area contributed by atoms with Gasteiger partial charge in [0.15, 0.2) is 0 Å². The van der Waals surface area contributed by atoms with E-state index in [0.717, 1.165) is 16.3 Å². The summed E-state index contributed by atoms with van der Waals surface area (Å²) < 4.78 is 1.97. The molecule has 1 aromatic carbocycles. The van der Waals surface area contributed by atoms with Gasteiger partial charge in [0.2, 0.25) is 5.91 Å². The summed E-state index contributed by atoms with van der Waals surface area (Å²) in [5.74, 6) is -0.00229. The zero-order valence-corrected chi connectivity index (χ0v) is 15.7. The van der Waals surface area contributed by atoms with Gasteiger partial charge >= 0.3 is 6.03 Å². The van der Waals surface area contributed by atoms with Crippen molar-refractivity contribution in [1.29, 1.82) is 0 Å². The number of rotatable bonds is 6. The standard InChI is InChI=1S/C19H23N5O3/c1-19(2)17(26)24(18(27)21-19)13-16(25)22(3)12-15-20-9-10-23(15)11-14-7-5-4-6-8-14/h4-10H,11-13H2,1-3H3,(H,21,27). The third-order valence-corrected chi connectivity index (χ3v) is 4.54. The summed E-state index contributed by atoms with van der Waals surface area (Å²) >= 11 is 0. The first-order chi connectivity index (χ1) is 12.8. The van der Waals surface area contributed by atoms with Crippen LogP contribution < -0.4 is 5.32 Å². The maximum absolute atomic E-state index is 12.5. The van der Waals surface area contributed by atoms with Crippen molar-refractivity contribution in [3.63, 3.8) is 0 Å². The number of carbonyl (C=O) groups excluding carboxylic acids is 3. The second-order valence-electron chi connectivity index (χ2n) is 7.15. The molecule has 4 amide bonds. The van der Waals surface area contributed by atoms with Gasteiger partial charge < -0.3 is 14.8 Å². The zero-order chi connectivity index (χ0) is 19.6. The summed E-state index contributed by atoms with van der Waals surface area (Å²) in [6, 6.07) is 9.41. The monoisotopic (exact) mass is 369 g/mol. The van der Waals surface area contributed by atoms with E-state index in [2.05, 4.69) is 10.3 Å². The Balaban J connectivity index is 1.63. The smallest absolute Gasteiger partial charge is 0.325 e. The van der Waals surface area contributed by atoms with Crippen molar-refractivity contribution in [1.82, 2.24) is 24.7 Å². The van der Waals surface area contributed by atoms with Gasteiger partial charge in [-0.1, -0.05) is 30.3 Å². The van der Waals surface area contributed by atoms with Gasteiger partial charge in [-0.3, -0.25) is 14.5 Å². The fourth-order valence-corrected chi connectivity index (χ4v) is 2.93. The summed E-state index contributed by atoms with van der Waals surface area (Å²) in [6.45, 7) is 3.87. The summed E-state index contributed by atoms with van der Waals surface area (Å²) in [6.07, 6.45) is 3.55. The average Bonchev–Trinajstić information content (AvgIpc) is 3.12. The first-order valence-electron chi connectivity index (χ1n) is 8.70. The molecular formula is C19H23N5O3. The number of hydrogen-bond donors (Lipinski definition) is 1. The minimum atomic E-state index is -0.984. The number of imidazole rings is 1. The SMILES string of the molecule is CN(Cc1nccn1Cc1ccccc1)C(=O)CN1C(=O)NC(C)(C)C1=O. The Morgan fingerprint density at radius 3 is 2.56 bits per heavy atom. The van der Waals surface area contributed by atoms with E-state index in [4.69, 9.17) is 0 Å². The van der Waals surface area contributed by atoms with Gasteiger partial charge in [-0.15, -0.1) is 0 Å². The van der Waals surface area contributed by atoms with Gasteiger partial charge in [-0.2, -0.15) is 0 Å². The highest BCUT2D eigenvalue weighted by atomic mass is 16.2. The number of nitrogens with one attached hydrogen (secondary N) is 1. The first-order valence-corrected chi connectivity index (χ1v) is 8.70. The van der Waals surface area contributed by atoms with Crippen LogP contribution in [0.15, 0.2) is 42.7 Å². The molecule has 3 rings (SSSR count). The predicted octanol–water partition coefficient (Wildman–Crippen LogP) is 1.22. The van der Waals surface area contributed by atoms with Crippen LogP contribution >= 0.6 is 0 Å². The Labute approximate surface area is 157 Å². The Morgan fingerprint density at radius 2 is 1.93 bits per heavy atom. The van der Waals surface area contributed by atoms with Gasteiger partial charge in [0.1, 0.15) is 17.9 Å². The number of carbonyl (C=O) groups is 3. The van der Waals surface area contributed by atoms with Crippen LogP contribution in [0, 0.1) is 0 Å². The van der Waals surface area contributed by atoms with Crippen molar-refractivity contribution in [2.24, 2.45) is 0 Å². The van der Waals surface area contributed by atoms with E-state index < -0.39 is 17.5 Å². The topological polar surface area (TPSA) is 87.5 Å². The number of hydrogen-bond acceptors (Lipinski definition) is 4. The second-order valence-corrected chi connectivity index (χ2v) is 7.15. The van der Waals surface area contributed by atoms with Gasteiger partial charge in [-0.05, 0) is 19.4 Å². The fraction of sp³-hybridized carbons (Fsp3) is 0.368. The zero-order valence-electron chi connectivity index (χ0n) is 15.7. The summed E-state index contributed by atoms with van der Waals surface area (Å²) in [5.41, 5.74) is 0.148. The predicted molar refractivity (Wildman–Crippen MR) is 98.6 cm³/mol. The minimum absolute atomic E-state index is 0.283. The molecule has 2 aromatic rings. The Kier molecular flexibility index (Phi) is 4.98. The van der Waals surface area contributed by atoms with E-state index in [1.165, 1.54) is 4.90 Å². The molecule has 1 saturated heterocycles. The van der Waals surface area contributed by atoms with Gasteiger partial charge in [0.05, 0.1) is 6.54 Å². The van der Waals surface area contributed by atoms with Crippen molar-refractivity contribution in [3.8, 4) is 0 Å². The Hall–Kier alpha value is -3.16. The molecule has 27 heavy (non-hydrogen) atoms. The maximum atomic E-state index is 12.5. The molecule has 142 valence electrons. The highest BCUT2D eigenvalue weighted by molar-refractivity contribution is 6.08. The lowest BCUT2D eigenvalue weighted by Crippen LogP contribution is -2.43. The molecule has 0 spiro atoms. The van der Waals surface area contributed by atoms with Crippen LogP contribution in [0.2, 0.25) is 0 Å². The number of benzene rings is 1. The first kappa shape index (κ1) is 18.6. The van der Waals surface area contributed by atoms with E-state index in [1.807, 2.05) is 41.1 Å². The number of likely N-dealkylation sites (N-methyl/N-ethyl adjacent to an activating group) is 1. The van der Waals surface area contributed by atoms with Crippen LogP contribution in [-0.4, -0.2) is 56.3 Å². The molecule has 0 bridgehead atoms. The molecule has 1 aliphatic rings. The summed E-state index contributed by atoms with van der Waals surface area (Å²) in [7, 11) is 1.63. The van der Waals surface area contributed by atoms with Gasteiger partial charge in [0, 0.05) is 26.0 Å². The highest BCUT2D eigenvalue weighted by Crippen LogP contribution is 2.16. The lowest BCUT2D eigenvalue weighted by Gasteiger charge is -2.21. The molecule has 0 saturated carbocycles. The maximum Gasteiger partial charge on any atom is 0.325 e. The van der Waals surface area contributed by atoms with Crippen molar-refractivity contribution in [2.45, 2.75) is 32.5 Å². The summed E-state index contributed by atoms with van der Waals surface area (Å²) in [4.78, 5) is 43.4. The van der Waals surface area contributed by atoms with Crippen LogP contribution in [0.5, 0.6) is 0 Å². The van der Waals surface area contributed by atoms with E-state index in [-0.39, 0.29) is 19.0 Å². The van der Waals surface area contributed by atoms with E-state index in [1.54, 1.807) is 27.1 Å². The fourth-order valence-electron chi connectivity index (χ4n) is 2.93. The molecule has 0 unspecified atom stereocenters. The number of urea groups is 1. The quantitative estimate of drug-likeness (QED) is 0.776. The minimum Gasteiger partial charge on any atom is -0.337 e. The van der Waals surface area contributed by atoms with E-state index in [0.29, 0.717) is 6.54 Å². The van der Waals surface area contributed by atoms with Crippen LogP contribution in [-0.2, 0) is 22.7 Å². The molecule has 1 N–H and O–H groups in total. The molecule has 8 nitrogen and oxygen atoms in total. The molecule has 0 aliphatic carbocycles. The Bertz CT molecular complexity index is 859. The molecule has 0 radical (unpaired) electrons. The molecule has 0 atom stereocenters. The molecule has 1 aliphatic heterocycles. The number of nitrogens with zero attached hydrogens (tertiary/aromatic N) is 4. The van der Waals surface area contributed by atoms with Crippen molar-refractivity contribution < 1.29 is 14.4 Å². The Morgan fingerprint density at radius 1 is 1.22 bits per heavy atom. The largest absolute Gasteiger partial charge is 0.337 e. The average molecular weight is 369 g/mol. The molecule has 2 heterocycles. The number of amides is 4. The van der Waals surface area contributed by atoms with E-state index in [9.17, 15) is 14.4 Å².